The van der Waals surface area contributed by atoms with Gasteiger partial charge in [-0.2, -0.15) is 8.78 Å². The number of hydrogen-bond donors (Lipinski definition) is 0. The van der Waals surface area contributed by atoms with Crippen LogP contribution in [0, 0.1) is 0 Å². The molecule has 1 aromatic heterocycles. The van der Waals surface area contributed by atoms with Gasteiger partial charge < -0.3 is 4.74 Å². The first-order valence-electron chi connectivity index (χ1n) is 7.09. The van der Waals surface area contributed by atoms with Crippen molar-refractivity contribution in [2.45, 2.75) is 19.6 Å². The highest BCUT2D eigenvalue weighted by Crippen LogP contribution is 2.28. The molecule has 6 heteroatoms. The SMILES string of the molecule is CC(OC(=O)c1ccccc1)c1nc2ccccc2n1C(F)F. The van der Waals surface area contributed by atoms with Gasteiger partial charge in [0.1, 0.15) is 0 Å². The van der Waals surface area contributed by atoms with Crippen LogP contribution in [0.15, 0.2) is 54.6 Å². The lowest BCUT2D eigenvalue weighted by Crippen LogP contribution is -2.14. The van der Waals surface area contributed by atoms with Gasteiger partial charge in [-0.25, -0.2) is 9.78 Å². The van der Waals surface area contributed by atoms with E-state index in [1.807, 2.05) is 0 Å². The number of hydrogen-bond acceptors (Lipinski definition) is 3. The van der Waals surface area contributed by atoms with E-state index in [-0.39, 0.29) is 5.82 Å². The van der Waals surface area contributed by atoms with Gasteiger partial charge in [-0.15, -0.1) is 0 Å². The maximum atomic E-state index is 13.4. The van der Waals surface area contributed by atoms with Crippen LogP contribution in [-0.2, 0) is 4.74 Å². The lowest BCUT2D eigenvalue weighted by Gasteiger charge is -2.15. The minimum absolute atomic E-state index is 0.0190. The predicted octanol–water partition coefficient (Wildman–Crippen LogP) is 4.35. The Kier molecular flexibility index (Phi) is 4.06. The van der Waals surface area contributed by atoms with Crippen LogP contribution in [-0.4, -0.2) is 15.5 Å². The second-order valence-electron chi connectivity index (χ2n) is 5.02. The smallest absolute Gasteiger partial charge is 0.338 e. The summed E-state index contributed by atoms with van der Waals surface area (Å²) in [5.74, 6) is -0.559. The van der Waals surface area contributed by atoms with Gasteiger partial charge >= 0.3 is 12.5 Å². The summed E-state index contributed by atoms with van der Waals surface area (Å²) >= 11 is 0. The van der Waals surface area contributed by atoms with E-state index in [1.165, 1.54) is 6.92 Å². The molecule has 0 saturated carbocycles. The van der Waals surface area contributed by atoms with Gasteiger partial charge in [0, 0.05) is 0 Å². The van der Waals surface area contributed by atoms with Gasteiger partial charge in [-0.1, -0.05) is 30.3 Å². The summed E-state index contributed by atoms with van der Waals surface area (Å²) < 4.78 is 32.9. The van der Waals surface area contributed by atoms with Gasteiger partial charge in [-0.05, 0) is 31.2 Å². The normalized spacial score (nSPS) is 12.5. The molecule has 0 aliphatic rings. The number of fused-ring (bicyclic) bond motifs is 1. The van der Waals surface area contributed by atoms with Gasteiger partial charge in [0.05, 0.1) is 16.6 Å². The van der Waals surface area contributed by atoms with Crippen molar-refractivity contribution < 1.29 is 18.3 Å². The summed E-state index contributed by atoms with van der Waals surface area (Å²) in [5, 5.41) is 0. The van der Waals surface area contributed by atoms with Crippen molar-refractivity contribution in [2.24, 2.45) is 0 Å². The molecule has 4 nitrogen and oxygen atoms in total. The average Bonchev–Trinajstić information content (AvgIpc) is 2.95. The number of imidazole rings is 1. The van der Waals surface area contributed by atoms with Crippen LogP contribution in [0.4, 0.5) is 8.78 Å². The molecular weight excluding hydrogens is 302 g/mol. The van der Waals surface area contributed by atoms with E-state index in [2.05, 4.69) is 4.98 Å². The molecule has 0 N–H and O–H groups in total. The minimum Gasteiger partial charge on any atom is -0.451 e. The molecule has 3 aromatic rings. The number of carbonyl (C=O) groups excluding carboxylic acids is 1. The van der Waals surface area contributed by atoms with Crippen LogP contribution in [0.1, 0.15) is 35.8 Å². The molecular formula is C17H14F2N2O2. The fraction of sp³-hybridized carbons (Fsp3) is 0.176. The number of esters is 1. The van der Waals surface area contributed by atoms with Gasteiger partial charge in [0.25, 0.3) is 0 Å². The predicted molar refractivity (Wildman–Crippen MR) is 81.3 cm³/mol. The third kappa shape index (κ3) is 2.92. The van der Waals surface area contributed by atoms with E-state index in [1.54, 1.807) is 54.6 Å². The van der Waals surface area contributed by atoms with Crippen molar-refractivity contribution in [3.8, 4) is 0 Å². The molecule has 0 bridgehead atoms. The second kappa shape index (κ2) is 6.16. The average molecular weight is 316 g/mol. The van der Waals surface area contributed by atoms with Crippen molar-refractivity contribution in [3.05, 3.63) is 66.0 Å². The number of carbonyl (C=O) groups is 1. The van der Waals surface area contributed by atoms with Crippen LogP contribution < -0.4 is 0 Å². The molecule has 1 heterocycles. The number of para-hydroxylation sites is 2. The maximum Gasteiger partial charge on any atom is 0.338 e. The van der Waals surface area contributed by atoms with Crippen molar-refractivity contribution in [2.75, 3.05) is 0 Å². The van der Waals surface area contributed by atoms with Crippen molar-refractivity contribution in [1.82, 2.24) is 9.55 Å². The Morgan fingerprint density at radius 3 is 2.43 bits per heavy atom. The summed E-state index contributed by atoms with van der Waals surface area (Å²) in [7, 11) is 0. The van der Waals surface area contributed by atoms with Crippen molar-refractivity contribution >= 4 is 17.0 Å². The Labute approximate surface area is 131 Å². The Balaban J connectivity index is 1.93. The molecule has 0 aliphatic carbocycles. The zero-order chi connectivity index (χ0) is 16.4. The first kappa shape index (κ1) is 15.1. The Morgan fingerprint density at radius 2 is 1.74 bits per heavy atom. The molecule has 0 saturated heterocycles. The van der Waals surface area contributed by atoms with Crippen LogP contribution in [0.25, 0.3) is 11.0 Å². The maximum absolute atomic E-state index is 13.4. The second-order valence-corrected chi connectivity index (χ2v) is 5.02. The standard InChI is InChI=1S/C17H14F2N2O2/c1-11(23-16(22)12-7-3-2-4-8-12)15-20-13-9-5-6-10-14(13)21(15)17(18)19/h2-11,17H,1H3. The molecule has 23 heavy (non-hydrogen) atoms. The van der Waals surface area contributed by atoms with Gasteiger partial charge in [0.2, 0.25) is 0 Å². The summed E-state index contributed by atoms with van der Waals surface area (Å²) in [5.41, 5.74) is 1.10. The fourth-order valence-electron chi connectivity index (χ4n) is 2.41. The molecule has 1 unspecified atom stereocenters. The number of benzene rings is 2. The molecule has 0 aliphatic heterocycles. The highest BCUT2D eigenvalue weighted by atomic mass is 19.3. The van der Waals surface area contributed by atoms with E-state index < -0.39 is 18.6 Å². The molecule has 2 aromatic carbocycles. The van der Waals surface area contributed by atoms with Crippen molar-refractivity contribution in [3.63, 3.8) is 0 Å². The lowest BCUT2D eigenvalue weighted by atomic mass is 10.2. The zero-order valence-corrected chi connectivity index (χ0v) is 12.3. The van der Waals surface area contributed by atoms with Crippen LogP contribution >= 0.6 is 0 Å². The molecule has 0 amide bonds. The summed E-state index contributed by atoms with van der Waals surface area (Å²) in [4.78, 5) is 16.3. The summed E-state index contributed by atoms with van der Waals surface area (Å²) in [6.45, 7) is -1.24. The number of alkyl halides is 2. The van der Waals surface area contributed by atoms with E-state index >= 15 is 0 Å². The summed E-state index contributed by atoms with van der Waals surface area (Å²) in [6, 6.07) is 15.0. The fourth-order valence-corrected chi connectivity index (χ4v) is 2.41. The van der Waals surface area contributed by atoms with Crippen LogP contribution in [0.2, 0.25) is 0 Å². The molecule has 0 spiro atoms. The van der Waals surface area contributed by atoms with E-state index in [0.717, 1.165) is 4.57 Å². The molecule has 118 valence electrons. The highest BCUT2D eigenvalue weighted by molar-refractivity contribution is 5.89. The minimum atomic E-state index is -2.77. The third-order valence-corrected chi connectivity index (χ3v) is 3.48. The molecule has 0 fully saturated rings. The van der Waals surface area contributed by atoms with Gasteiger partial charge in [0.15, 0.2) is 11.9 Å². The first-order valence-corrected chi connectivity index (χ1v) is 7.09. The van der Waals surface area contributed by atoms with E-state index in [4.69, 9.17) is 4.74 Å². The van der Waals surface area contributed by atoms with Crippen molar-refractivity contribution in [1.29, 1.82) is 0 Å². The summed E-state index contributed by atoms with van der Waals surface area (Å²) in [6.07, 6.45) is -0.899. The topological polar surface area (TPSA) is 44.1 Å². The van der Waals surface area contributed by atoms with Crippen LogP contribution in [0.5, 0.6) is 0 Å². The lowest BCUT2D eigenvalue weighted by molar-refractivity contribution is 0.0233. The van der Waals surface area contributed by atoms with E-state index in [0.29, 0.717) is 16.6 Å². The number of rotatable bonds is 4. The Morgan fingerprint density at radius 1 is 1.09 bits per heavy atom. The highest BCUT2D eigenvalue weighted by Gasteiger charge is 2.24. The number of aromatic nitrogens is 2. The van der Waals surface area contributed by atoms with E-state index in [9.17, 15) is 13.6 Å². The number of halogens is 2. The Bertz CT molecular complexity index is 831. The third-order valence-electron chi connectivity index (χ3n) is 3.48. The van der Waals surface area contributed by atoms with Crippen LogP contribution in [0.3, 0.4) is 0 Å². The quantitative estimate of drug-likeness (QED) is 0.672. The van der Waals surface area contributed by atoms with Gasteiger partial charge in [-0.3, -0.25) is 4.57 Å². The molecule has 3 rings (SSSR count). The monoisotopic (exact) mass is 316 g/mol. The largest absolute Gasteiger partial charge is 0.451 e. The first-order chi connectivity index (χ1) is 11.1. The Hall–Kier alpha value is -2.76. The molecule has 0 radical (unpaired) electrons. The zero-order valence-electron chi connectivity index (χ0n) is 12.3. The number of nitrogens with zero attached hydrogens (tertiary/aromatic N) is 2. The number of ether oxygens (including phenoxy) is 1. The molecule has 1 atom stereocenters.